The second kappa shape index (κ2) is 7.11. The highest BCUT2D eigenvalue weighted by Gasteiger charge is 2.43. The van der Waals surface area contributed by atoms with Crippen molar-refractivity contribution in [1.29, 1.82) is 0 Å². The summed E-state index contributed by atoms with van der Waals surface area (Å²) in [6, 6.07) is 7.41. The van der Waals surface area contributed by atoms with Gasteiger partial charge in [-0.3, -0.25) is 24.3 Å². The first kappa shape index (κ1) is 17.8. The molecule has 2 amide bonds. The number of rotatable bonds is 4. The zero-order valence-electron chi connectivity index (χ0n) is 14.9. The Morgan fingerprint density at radius 3 is 2.48 bits per heavy atom. The van der Waals surface area contributed by atoms with Crippen LogP contribution in [0.5, 0.6) is 0 Å². The number of benzene rings is 1. The second-order valence-electron chi connectivity index (χ2n) is 7.10. The van der Waals surface area contributed by atoms with Crippen molar-refractivity contribution in [2.75, 3.05) is 56.1 Å². The largest absolute Gasteiger partial charge is 0.395 e. The van der Waals surface area contributed by atoms with E-state index in [1.165, 1.54) is 0 Å². The predicted octanol–water partition coefficient (Wildman–Crippen LogP) is 0.360. The molecule has 1 aromatic carbocycles. The van der Waals surface area contributed by atoms with Crippen LogP contribution in [0.1, 0.15) is 13.8 Å². The summed E-state index contributed by atoms with van der Waals surface area (Å²) in [5, 5.41) is 11.9. The molecule has 0 radical (unpaired) electrons. The lowest BCUT2D eigenvalue weighted by Gasteiger charge is -2.43. The zero-order chi connectivity index (χ0) is 18.0. The van der Waals surface area contributed by atoms with Gasteiger partial charge in [0.05, 0.1) is 24.5 Å². The number of piperazine rings is 1. The summed E-state index contributed by atoms with van der Waals surface area (Å²) in [6.07, 6.45) is 0. The number of hydrogen-bond donors (Lipinski definition) is 2. The Morgan fingerprint density at radius 2 is 1.80 bits per heavy atom. The van der Waals surface area contributed by atoms with E-state index in [1.54, 1.807) is 18.7 Å². The molecule has 7 nitrogen and oxygen atoms in total. The Morgan fingerprint density at radius 1 is 1.16 bits per heavy atom. The quantitative estimate of drug-likeness (QED) is 0.823. The summed E-state index contributed by atoms with van der Waals surface area (Å²) < 4.78 is 0. The number of nitrogens with one attached hydrogen (secondary N) is 1. The lowest BCUT2D eigenvalue weighted by Crippen LogP contribution is -2.61. The Balaban J connectivity index is 1.74. The average Bonchev–Trinajstić information content (AvgIpc) is 2.57. The fourth-order valence-corrected chi connectivity index (χ4v) is 3.47. The number of hydrogen-bond acceptors (Lipinski definition) is 5. The van der Waals surface area contributed by atoms with E-state index in [2.05, 4.69) is 15.1 Å². The van der Waals surface area contributed by atoms with E-state index in [0.717, 1.165) is 31.9 Å². The summed E-state index contributed by atoms with van der Waals surface area (Å²) in [7, 11) is 0. The zero-order valence-corrected chi connectivity index (χ0v) is 14.9. The molecule has 0 aliphatic carbocycles. The van der Waals surface area contributed by atoms with Crippen molar-refractivity contribution in [2.24, 2.45) is 0 Å². The van der Waals surface area contributed by atoms with Crippen molar-refractivity contribution in [1.82, 2.24) is 9.80 Å². The standard InChI is InChI=1S/C18H26N4O3/c1-18(2)17(25)19-14-5-3-4-6-15(14)22(18)16(24)13-21-9-7-20(8-10-21)11-12-23/h3-6,23H,7-13H2,1-2H3,(H,19,25). The molecule has 2 heterocycles. The summed E-state index contributed by atoms with van der Waals surface area (Å²) in [6.45, 7) is 7.92. The third-order valence-electron chi connectivity index (χ3n) is 5.00. The maximum Gasteiger partial charge on any atom is 0.250 e. The minimum Gasteiger partial charge on any atom is -0.395 e. The van der Waals surface area contributed by atoms with Crippen molar-refractivity contribution >= 4 is 23.2 Å². The number of fused-ring (bicyclic) bond motifs is 1. The van der Waals surface area contributed by atoms with Gasteiger partial charge in [-0.1, -0.05) is 12.1 Å². The third kappa shape index (κ3) is 3.53. The Hall–Kier alpha value is -1.96. The van der Waals surface area contributed by atoms with E-state index in [9.17, 15) is 9.59 Å². The lowest BCUT2D eigenvalue weighted by atomic mass is 9.96. The number of nitrogens with zero attached hydrogens (tertiary/aromatic N) is 3. The van der Waals surface area contributed by atoms with E-state index < -0.39 is 5.54 Å². The number of carbonyl (C=O) groups is 2. The number of para-hydroxylation sites is 2. The van der Waals surface area contributed by atoms with E-state index in [0.29, 0.717) is 12.2 Å². The van der Waals surface area contributed by atoms with Crippen LogP contribution in [0.25, 0.3) is 0 Å². The fraction of sp³-hybridized carbons (Fsp3) is 0.556. The first-order valence-corrected chi connectivity index (χ1v) is 8.72. The molecule has 1 saturated heterocycles. The molecule has 0 spiro atoms. The van der Waals surface area contributed by atoms with Crippen molar-refractivity contribution in [3.8, 4) is 0 Å². The van der Waals surface area contributed by atoms with E-state index >= 15 is 0 Å². The Bertz CT molecular complexity index is 653. The molecular formula is C18H26N4O3. The monoisotopic (exact) mass is 346 g/mol. The third-order valence-corrected chi connectivity index (χ3v) is 5.00. The Labute approximate surface area is 148 Å². The summed E-state index contributed by atoms with van der Waals surface area (Å²) in [4.78, 5) is 31.4. The molecular weight excluding hydrogens is 320 g/mol. The molecule has 0 bridgehead atoms. The maximum atomic E-state index is 13.0. The number of carbonyl (C=O) groups excluding carboxylic acids is 2. The van der Waals surface area contributed by atoms with Crippen molar-refractivity contribution < 1.29 is 14.7 Å². The summed E-state index contributed by atoms with van der Waals surface area (Å²) >= 11 is 0. The number of β-amino-alcohol motifs (C(OH)–C–C–N with tert-alkyl or cyclic N) is 1. The van der Waals surface area contributed by atoms with E-state index in [-0.39, 0.29) is 25.0 Å². The normalized spacial score (nSPS) is 20.9. The molecule has 136 valence electrons. The summed E-state index contributed by atoms with van der Waals surface area (Å²) in [5.41, 5.74) is 0.494. The van der Waals surface area contributed by atoms with Crippen LogP contribution in [0.15, 0.2) is 24.3 Å². The molecule has 25 heavy (non-hydrogen) atoms. The topological polar surface area (TPSA) is 76.1 Å². The maximum absolute atomic E-state index is 13.0. The molecule has 2 aliphatic heterocycles. The molecule has 1 aromatic rings. The fourth-order valence-electron chi connectivity index (χ4n) is 3.47. The van der Waals surface area contributed by atoms with Crippen molar-refractivity contribution in [3.05, 3.63) is 24.3 Å². The van der Waals surface area contributed by atoms with Crippen LogP contribution in [-0.4, -0.2) is 78.1 Å². The van der Waals surface area contributed by atoms with Gasteiger partial charge in [-0.05, 0) is 26.0 Å². The molecule has 7 heteroatoms. The minimum atomic E-state index is -0.926. The number of aliphatic hydroxyl groups excluding tert-OH is 1. The van der Waals surface area contributed by atoms with Crippen molar-refractivity contribution in [2.45, 2.75) is 19.4 Å². The smallest absolute Gasteiger partial charge is 0.250 e. The molecule has 3 rings (SSSR count). The molecule has 1 fully saturated rings. The van der Waals surface area contributed by atoms with Crippen LogP contribution in [0.2, 0.25) is 0 Å². The van der Waals surface area contributed by atoms with E-state index in [4.69, 9.17) is 5.11 Å². The highest BCUT2D eigenvalue weighted by Crippen LogP contribution is 2.36. The van der Waals surface area contributed by atoms with Crippen molar-refractivity contribution in [3.63, 3.8) is 0 Å². The second-order valence-corrected chi connectivity index (χ2v) is 7.10. The summed E-state index contributed by atoms with van der Waals surface area (Å²) in [5.74, 6) is -0.241. The molecule has 0 saturated carbocycles. The Kier molecular flexibility index (Phi) is 5.08. The average molecular weight is 346 g/mol. The van der Waals surface area contributed by atoms with Crippen LogP contribution < -0.4 is 10.2 Å². The van der Waals surface area contributed by atoms with Crippen LogP contribution in [0, 0.1) is 0 Å². The van der Waals surface area contributed by atoms with Crippen LogP contribution in [-0.2, 0) is 9.59 Å². The van der Waals surface area contributed by atoms with Gasteiger partial charge in [0.1, 0.15) is 5.54 Å². The lowest BCUT2D eigenvalue weighted by molar-refractivity contribution is -0.127. The van der Waals surface area contributed by atoms with Gasteiger partial charge in [-0.2, -0.15) is 0 Å². The first-order valence-electron chi connectivity index (χ1n) is 8.72. The number of aliphatic hydroxyl groups is 1. The van der Waals surface area contributed by atoms with Gasteiger partial charge in [0.25, 0.3) is 0 Å². The molecule has 0 unspecified atom stereocenters. The van der Waals surface area contributed by atoms with Crippen LogP contribution in [0.4, 0.5) is 11.4 Å². The van der Waals surface area contributed by atoms with Gasteiger partial charge in [-0.25, -0.2) is 0 Å². The highest BCUT2D eigenvalue weighted by molar-refractivity contribution is 6.14. The van der Waals surface area contributed by atoms with Gasteiger partial charge < -0.3 is 10.4 Å². The molecule has 0 aromatic heterocycles. The van der Waals surface area contributed by atoms with Gasteiger partial charge in [-0.15, -0.1) is 0 Å². The molecule has 2 aliphatic rings. The first-order chi connectivity index (χ1) is 11.9. The highest BCUT2D eigenvalue weighted by atomic mass is 16.3. The molecule has 2 N–H and O–H groups in total. The van der Waals surface area contributed by atoms with Crippen LogP contribution in [0.3, 0.4) is 0 Å². The molecule has 0 atom stereocenters. The van der Waals surface area contributed by atoms with E-state index in [1.807, 2.05) is 24.3 Å². The predicted molar refractivity (Wildman–Crippen MR) is 96.6 cm³/mol. The number of amides is 2. The minimum absolute atomic E-state index is 0.0668. The van der Waals surface area contributed by atoms with Gasteiger partial charge >= 0.3 is 0 Å². The SMILES string of the molecule is CC1(C)C(=O)Nc2ccccc2N1C(=O)CN1CCN(CCO)CC1. The van der Waals surface area contributed by atoms with Gasteiger partial charge in [0.2, 0.25) is 11.8 Å². The van der Waals surface area contributed by atoms with Gasteiger partial charge in [0, 0.05) is 32.7 Å². The number of anilines is 2. The van der Waals surface area contributed by atoms with Crippen LogP contribution >= 0.6 is 0 Å². The van der Waals surface area contributed by atoms with Gasteiger partial charge in [0.15, 0.2) is 0 Å².